The average Bonchev–Trinajstić information content (AvgIpc) is 2.17. The Morgan fingerprint density at radius 3 is 2.80 bits per heavy atom. The highest BCUT2D eigenvalue weighted by Crippen LogP contribution is 2.05. The van der Waals surface area contributed by atoms with Crippen LogP contribution in [0.2, 0.25) is 0 Å². The molecule has 15 heavy (non-hydrogen) atoms. The second kappa shape index (κ2) is 6.19. The van der Waals surface area contributed by atoms with Crippen molar-refractivity contribution in [2.24, 2.45) is 5.92 Å². The summed E-state index contributed by atoms with van der Waals surface area (Å²) in [5.74, 6) is 1.33. The van der Waals surface area contributed by atoms with Crippen molar-refractivity contribution in [3.05, 3.63) is 12.4 Å². The molecule has 84 valence electrons. The van der Waals surface area contributed by atoms with Crippen LogP contribution in [0.1, 0.15) is 13.8 Å². The third-order valence-corrected chi connectivity index (χ3v) is 1.56. The van der Waals surface area contributed by atoms with Gasteiger partial charge < -0.3 is 15.2 Å². The normalized spacial score (nSPS) is 10.6. The van der Waals surface area contributed by atoms with E-state index in [2.05, 4.69) is 23.8 Å². The Morgan fingerprint density at radius 2 is 2.13 bits per heavy atom. The van der Waals surface area contributed by atoms with Gasteiger partial charge >= 0.3 is 0 Å². The number of nitrogen functional groups attached to an aromatic ring is 1. The van der Waals surface area contributed by atoms with E-state index in [9.17, 15) is 0 Å². The van der Waals surface area contributed by atoms with Crippen molar-refractivity contribution >= 4 is 5.82 Å². The molecule has 0 saturated heterocycles. The molecular weight excluding hydrogens is 194 g/mol. The number of ether oxygens (including phenoxy) is 2. The van der Waals surface area contributed by atoms with E-state index in [-0.39, 0.29) is 0 Å². The number of hydrogen-bond acceptors (Lipinski definition) is 5. The van der Waals surface area contributed by atoms with Crippen molar-refractivity contribution < 1.29 is 9.47 Å². The van der Waals surface area contributed by atoms with Crippen LogP contribution in [0.3, 0.4) is 0 Å². The molecular formula is C10H17N3O2. The second-order valence-corrected chi connectivity index (χ2v) is 3.60. The van der Waals surface area contributed by atoms with Gasteiger partial charge in [0.2, 0.25) is 5.88 Å². The standard InChI is InChI=1S/C10H17N3O2/c1-8(2)7-14-3-4-15-10-6-12-5-9(11)13-10/h5-6,8H,3-4,7H2,1-2H3,(H2,11,13). The van der Waals surface area contributed by atoms with Crippen LogP contribution < -0.4 is 10.5 Å². The van der Waals surface area contributed by atoms with E-state index < -0.39 is 0 Å². The molecule has 0 radical (unpaired) electrons. The van der Waals surface area contributed by atoms with Gasteiger partial charge in [0, 0.05) is 6.61 Å². The number of aromatic nitrogens is 2. The molecule has 1 aromatic rings. The minimum absolute atomic E-state index is 0.357. The summed E-state index contributed by atoms with van der Waals surface area (Å²) in [4.78, 5) is 7.80. The number of nitrogens with two attached hydrogens (primary N) is 1. The zero-order valence-electron chi connectivity index (χ0n) is 9.14. The summed E-state index contributed by atoms with van der Waals surface area (Å²) in [5.41, 5.74) is 5.44. The van der Waals surface area contributed by atoms with Crippen LogP contribution in [0.25, 0.3) is 0 Å². The smallest absolute Gasteiger partial charge is 0.234 e. The summed E-state index contributed by atoms with van der Waals surface area (Å²) in [6, 6.07) is 0. The molecule has 0 bridgehead atoms. The van der Waals surface area contributed by atoms with Gasteiger partial charge in [-0.25, -0.2) is 0 Å². The van der Waals surface area contributed by atoms with E-state index in [1.54, 1.807) is 0 Å². The van der Waals surface area contributed by atoms with Gasteiger partial charge in [0.1, 0.15) is 12.4 Å². The van der Waals surface area contributed by atoms with Crippen LogP contribution >= 0.6 is 0 Å². The van der Waals surface area contributed by atoms with Gasteiger partial charge in [-0.15, -0.1) is 0 Å². The summed E-state index contributed by atoms with van der Waals surface area (Å²) < 4.78 is 10.6. The first kappa shape index (κ1) is 11.7. The van der Waals surface area contributed by atoms with Crippen molar-refractivity contribution in [1.82, 2.24) is 9.97 Å². The quantitative estimate of drug-likeness (QED) is 0.714. The largest absolute Gasteiger partial charge is 0.474 e. The van der Waals surface area contributed by atoms with Crippen molar-refractivity contribution in [3.63, 3.8) is 0 Å². The molecule has 1 aromatic heterocycles. The molecule has 0 aliphatic rings. The maximum absolute atomic E-state index is 5.44. The summed E-state index contributed by atoms with van der Waals surface area (Å²) in [7, 11) is 0. The lowest BCUT2D eigenvalue weighted by Gasteiger charge is -2.07. The van der Waals surface area contributed by atoms with E-state index in [0.717, 1.165) is 6.61 Å². The van der Waals surface area contributed by atoms with Crippen molar-refractivity contribution in [3.8, 4) is 5.88 Å². The summed E-state index contributed by atoms with van der Waals surface area (Å²) in [5, 5.41) is 0. The minimum atomic E-state index is 0.357. The highest BCUT2D eigenvalue weighted by molar-refractivity contribution is 5.25. The molecule has 5 heteroatoms. The summed E-state index contributed by atoms with van der Waals surface area (Å²) >= 11 is 0. The van der Waals surface area contributed by atoms with Gasteiger partial charge in [-0.05, 0) is 5.92 Å². The predicted molar refractivity (Wildman–Crippen MR) is 57.6 cm³/mol. The second-order valence-electron chi connectivity index (χ2n) is 3.60. The Bertz CT molecular complexity index is 292. The van der Waals surface area contributed by atoms with Crippen LogP contribution in [0, 0.1) is 5.92 Å². The lowest BCUT2D eigenvalue weighted by atomic mass is 10.2. The molecule has 0 amide bonds. The van der Waals surface area contributed by atoms with Gasteiger partial charge in [-0.1, -0.05) is 13.8 Å². The molecule has 0 atom stereocenters. The zero-order chi connectivity index (χ0) is 11.1. The van der Waals surface area contributed by atoms with E-state index in [4.69, 9.17) is 15.2 Å². The van der Waals surface area contributed by atoms with Crippen LogP contribution in [0.15, 0.2) is 12.4 Å². The minimum Gasteiger partial charge on any atom is -0.474 e. The van der Waals surface area contributed by atoms with Gasteiger partial charge in [0.15, 0.2) is 0 Å². The molecule has 0 aliphatic carbocycles. The first-order valence-corrected chi connectivity index (χ1v) is 4.96. The molecule has 0 unspecified atom stereocenters. The highest BCUT2D eigenvalue weighted by atomic mass is 16.5. The number of anilines is 1. The number of hydrogen-bond donors (Lipinski definition) is 1. The van der Waals surface area contributed by atoms with E-state index >= 15 is 0 Å². The van der Waals surface area contributed by atoms with Crippen LogP contribution in [-0.4, -0.2) is 29.8 Å². The molecule has 0 saturated carbocycles. The molecule has 1 rings (SSSR count). The maximum Gasteiger partial charge on any atom is 0.234 e. The van der Waals surface area contributed by atoms with Crippen molar-refractivity contribution in [2.45, 2.75) is 13.8 Å². The number of rotatable bonds is 6. The fourth-order valence-electron chi connectivity index (χ4n) is 0.956. The Morgan fingerprint density at radius 1 is 1.33 bits per heavy atom. The topological polar surface area (TPSA) is 70.3 Å². The first-order valence-electron chi connectivity index (χ1n) is 4.96. The lowest BCUT2D eigenvalue weighted by molar-refractivity contribution is 0.0805. The van der Waals surface area contributed by atoms with E-state index in [0.29, 0.717) is 30.8 Å². The molecule has 2 N–H and O–H groups in total. The Balaban J connectivity index is 2.15. The maximum atomic E-state index is 5.44. The third kappa shape index (κ3) is 5.17. The Hall–Kier alpha value is -1.36. The van der Waals surface area contributed by atoms with Crippen LogP contribution in [-0.2, 0) is 4.74 Å². The fourth-order valence-corrected chi connectivity index (χ4v) is 0.956. The van der Waals surface area contributed by atoms with Crippen molar-refractivity contribution in [2.75, 3.05) is 25.6 Å². The Labute approximate surface area is 89.6 Å². The predicted octanol–water partition coefficient (Wildman–Crippen LogP) is 1.11. The van der Waals surface area contributed by atoms with Gasteiger partial charge in [-0.3, -0.25) is 4.98 Å². The number of nitrogens with zero attached hydrogens (tertiary/aromatic N) is 2. The first-order chi connectivity index (χ1) is 7.18. The lowest BCUT2D eigenvalue weighted by Crippen LogP contribution is -2.11. The van der Waals surface area contributed by atoms with E-state index in [1.165, 1.54) is 12.4 Å². The van der Waals surface area contributed by atoms with Crippen molar-refractivity contribution in [1.29, 1.82) is 0 Å². The fraction of sp³-hybridized carbons (Fsp3) is 0.600. The van der Waals surface area contributed by atoms with E-state index in [1.807, 2.05) is 0 Å². The molecule has 5 nitrogen and oxygen atoms in total. The third-order valence-electron chi connectivity index (χ3n) is 1.56. The molecule has 0 aliphatic heterocycles. The Kier molecular flexibility index (Phi) is 4.83. The SMILES string of the molecule is CC(C)COCCOc1cncc(N)n1. The molecule has 0 fully saturated rings. The van der Waals surface area contributed by atoms with Gasteiger partial charge in [-0.2, -0.15) is 4.98 Å². The van der Waals surface area contributed by atoms with Gasteiger partial charge in [0.05, 0.1) is 19.0 Å². The summed E-state index contributed by atoms with van der Waals surface area (Å²) in [6.07, 6.45) is 3.00. The zero-order valence-corrected chi connectivity index (χ0v) is 9.14. The van der Waals surface area contributed by atoms with Crippen LogP contribution in [0.4, 0.5) is 5.82 Å². The molecule has 0 aromatic carbocycles. The molecule has 0 spiro atoms. The molecule has 1 heterocycles. The van der Waals surface area contributed by atoms with Crippen LogP contribution in [0.5, 0.6) is 5.88 Å². The average molecular weight is 211 g/mol. The summed E-state index contributed by atoms with van der Waals surface area (Å²) in [6.45, 7) is 5.96. The highest BCUT2D eigenvalue weighted by Gasteiger charge is 1.97. The van der Waals surface area contributed by atoms with Gasteiger partial charge in [0.25, 0.3) is 0 Å². The monoisotopic (exact) mass is 211 g/mol.